The van der Waals surface area contributed by atoms with E-state index in [-0.39, 0.29) is 11.3 Å². The van der Waals surface area contributed by atoms with E-state index in [0.717, 1.165) is 12.5 Å². The third-order valence-electron chi connectivity index (χ3n) is 3.84. The van der Waals surface area contributed by atoms with E-state index in [0.29, 0.717) is 22.8 Å². The van der Waals surface area contributed by atoms with Crippen molar-refractivity contribution >= 4 is 29.6 Å². The van der Waals surface area contributed by atoms with Crippen molar-refractivity contribution in [3.63, 3.8) is 0 Å². The number of nitrogens with zero attached hydrogens (tertiary/aromatic N) is 1. The highest BCUT2D eigenvalue weighted by Gasteiger charge is 2.37. The number of halogens is 1. The first-order valence-corrected chi connectivity index (χ1v) is 8.40. The first-order chi connectivity index (χ1) is 13.0. The molecule has 0 unspecified atom stereocenters. The second-order valence-electron chi connectivity index (χ2n) is 5.83. The second-order valence-corrected chi connectivity index (χ2v) is 5.83. The van der Waals surface area contributed by atoms with Gasteiger partial charge in [-0.3, -0.25) is 14.9 Å². The number of anilines is 1. The van der Waals surface area contributed by atoms with Gasteiger partial charge in [0.2, 0.25) is 0 Å². The summed E-state index contributed by atoms with van der Waals surface area (Å²) >= 11 is 0. The maximum Gasteiger partial charge on any atom is 0.336 e. The number of imide groups is 2. The maximum absolute atomic E-state index is 14.0. The van der Waals surface area contributed by atoms with Gasteiger partial charge in [0.05, 0.1) is 12.3 Å². The Morgan fingerprint density at radius 1 is 1.11 bits per heavy atom. The van der Waals surface area contributed by atoms with Crippen LogP contribution in [0.5, 0.6) is 5.75 Å². The lowest BCUT2D eigenvalue weighted by Crippen LogP contribution is -2.54. The summed E-state index contributed by atoms with van der Waals surface area (Å²) in [6.45, 7) is 2.51. The predicted molar refractivity (Wildman–Crippen MR) is 97.6 cm³/mol. The van der Waals surface area contributed by atoms with Crippen LogP contribution in [0, 0.1) is 5.82 Å². The molecule has 1 N–H and O–H groups in total. The number of nitrogens with one attached hydrogen (secondary N) is 1. The van der Waals surface area contributed by atoms with E-state index >= 15 is 0 Å². The summed E-state index contributed by atoms with van der Waals surface area (Å²) in [7, 11) is 0. The minimum atomic E-state index is -0.993. The van der Waals surface area contributed by atoms with Gasteiger partial charge in [-0.05, 0) is 42.3 Å². The molecule has 1 aliphatic rings. The quantitative estimate of drug-likeness (QED) is 0.649. The zero-order chi connectivity index (χ0) is 19.4. The van der Waals surface area contributed by atoms with Gasteiger partial charge in [-0.25, -0.2) is 14.1 Å². The Hall–Kier alpha value is -3.48. The van der Waals surface area contributed by atoms with Crippen molar-refractivity contribution in [1.82, 2.24) is 5.32 Å². The van der Waals surface area contributed by atoms with Gasteiger partial charge in [-0.2, -0.15) is 0 Å². The molecule has 0 saturated carbocycles. The number of para-hydroxylation sites is 1. The summed E-state index contributed by atoms with van der Waals surface area (Å²) < 4.78 is 19.6. The Kier molecular flexibility index (Phi) is 5.30. The largest absolute Gasteiger partial charge is 0.494 e. The number of carbonyl (C=O) groups is 3. The van der Waals surface area contributed by atoms with Crippen LogP contribution < -0.4 is 15.0 Å². The molecule has 1 aliphatic heterocycles. The van der Waals surface area contributed by atoms with Gasteiger partial charge in [-0.15, -0.1) is 0 Å². The standard InChI is InChI=1S/C20H17FN2O4/c1-2-10-27-14-7-5-6-13(11-14)12-15-18(24)22-20(26)23(19(15)25)17-9-4-3-8-16(17)21/h3-9,11-12H,2,10H2,1H3,(H,22,24,26)/b15-12+. The normalized spacial score (nSPS) is 15.9. The van der Waals surface area contributed by atoms with Crippen LogP contribution in [0.2, 0.25) is 0 Å². The fraction of sp³-hybridized carbons (Fsp3) is 0.150. The van der Waals surface area contributed by atoms with Crippen molar-refractivity contribution in [2.75, 3.05) is 11.5 Å². The molecular weight excluding hydrogens is 351 g/mol. The van der Waals surface area contributed by atoms with Crippen LogP contribution >= 0.6 is 0 Å². The average Bonchev–Trinajstić information content (AvgIpc) is 2.65. The molecule has 0 aromatic heterocycles. The van der Waals surface area contributed by atoms with E-state index in [1.165, 1.54) is 24.3 Å². The smallest absolute Gasteiger partial charge is 0.336 e. The first kappa shape index (κ1) is 18.3. The van der Waals surface area contributed by atoms with Gasteiger partial charge >= 0.3 is 6.03 Å². The van der Waals surface area contributed by atoms with Crippen molar-refractivity contribution in [2.24, 2.45) is 0 Å². The van der Waals surface area contributed by atoms with Gasteiger partial charge in [0.15, 0.2) is 0 Å². The second kappa shape index (κ2) is 7.82. The minimum Gasteiger partial charge on any atom is -0.494 e. The van der Waals surface area contributed by atoms with Crippen LogP contribution in [0.15, 0.2) is 54.1 Å². The van der Waals surface area contributed by atoms with Gasteiger partial charge in [0, 0.05) is 0 Å². The molecule has 0 radical (unpaired) electrons. The van der Waals surface area contributed by atoms with Crippen LogP contribution in [0.1, 0.15) is 18.9 Å². The number of hydrogen-bond donors (Lipinski definition) is 1. The fourth-order valence-electron chi connectivity index (χ4n) is 2.59. The van der Waals surface area contributed by atoms with Crippen LogP contribution in [-0.2, 0) is 9.59 Å². The lowest BCUT2D eigenvalue weighted by molar-refractivity contribution is -0.122. The van der Waals surface area contributed by atoms with Crippen LogP contribution in [-0.4, -0.2) is 24.5 Å². The van der Waals surface area contributed by atoms with Gasteiger partial charge in [0.25, 0.3) is 11.8 Å². The predicted octanol–water partition coefficient (Wildman–Crippen LogP) is 3.28. The van der Waals surface area contributed by atoms with Crippen LogP contribution in [0.3, 0.4) is 0 Å². The molecule has 0 atom stereocenters. The number of carbonyl (C=O) groups excluding carboxylic acids is 3. The highest BCUT2D eigenvalue weighted by molar-refractivity contribution is 6.39. The number of amides is 4. The van der Waals surface area contributed by atoms with E-state index in [4.69, 9.17) is 4.74 Å². The van der Waals surface area contributed by atoms with E-state index in [1.54, 1.807) is 24.3 Å². The summed E-state index contributed by atoms with van der Waals surface area (Å²) in [6, 6.07) is 11.2. The number of hydrogen-bond acceptors (Lipinski definition) is 4. The summed E-state index contributed by atoms with van der Waals surface area (Å²) in [5.74, 6) is -1.88. The Labute approximate surface area is 155 Å². The molecule has 6 nitrogen and oxygen atoms in total. The summed E-state index contributed by atoms with van der Waals surface area (Å²) in [4.78, 5) is 37.6. The van der Waals surface area contributed by atoms with Crippen LogP contribution in [0.25, 0.3) is 6.08 Å². The van der Waals surface area contributed by atoms with Gasteiger partial charge in [0.1, 0.15) is 17.1 Å². The highest BCUT2D eigenvalue weighted by atomic mass is 19.1. The zero-order valence-corrected chi connectivity index (χ0v) is 14.6. The van der Waals surface area contributed by atoms with E-state index < -0.39 is 23.7 Å². The molecule has 2 aromatic rings. The molecular formula is C20H17FN2O4. The van der Waals surface area contributed by atoms with E-state index in [1.807, 2.05) is 6.92 Å². The Morgan fingerprint density at radius 2 is 1.89 bits per heavy atom. The zero-order valence-electron chi connectivity index (χ0n) is 14.6. The minimum absolute atomic E-state index is 0.224. The topological polar surface area (TPSA) is 75.7 Å². The Balaban J connectivity index is 1.96. The number of barbiturate groups is 1. The third kappa shape index (κ3) is 3.87. The number of rotatable bonds is 5. The Bertz CT molecular complexity index is 939. The monoisotopic (exact) mass is 368 g/mol. The van der Waals surface area contributed by atoms with Crippen molar-refractivity contribution < 1.29 is 23.5 Å². The number of urea groups is 1. The molecule has 1 fully saturated rings. The number of ether oxygens (including phenoxy) is 1. The lowest BCUT2D eigenvalue weighted by atomic mass is 10.1. The molecule has 4 amide bonds. The van der Waals surface area contributed by atoms with Gasteiger partial charge < -0.3 is 4.74 Å². The van der Waals surface area contributed by atoms with Crippen molar-refractivity contribution in [1.29, 1.82) is 0 Å². The third-order valence-corrected chi connectivity index (χ3v) is 3.84. The SMILES string of the molecule is CCCOc1cccc(/C=C2\C(=O)NC(=O)N(c3ccccc3F)C2=O)c1. The highest BCUT2D eigenvalue weighted by Crippen LogP contribution is 2.25. The molecule has 2 aromatic carbocycles. The summed E-state index contributed by atoms with van der Waals surface area (Å²) in [5, 5.41) is 2.07. The van der Waals surface area contributed by atoms with E-state index in [2.05, 4.69) is 5.32 Å². The van der Waals surface area contributed by atoms with Crippen molar-refractivity contribution in [2.45, 2.75) is 13.3 Å². The molecule has 27 heavy (non-hydrogen) atoms. The van der Waals surface area contributed by atoms with Gasteiger partial charge in [-0.1, -0.05) is 31.2 Å². The first-order valence-electron chi connectivity index (χ1n) is 8.40. The van der Waals surface area contributed by atoms with Crippen molar-refractivity contribution in [3.05, 3.63) is 65.5 Å². The Morgan fingerprint density at radius 3 is 2.63 bits per heavy atom. The van der Waals surface area contributed by atoms with E-state index in [9.17, 15) is 18.8 Å². The molecule has 0 bridgehead atoms. The molecule has 138 valence electrons. The average molecular weight is 368 g/mol. The maximum atomic E-state index is 14.0. The lowest BCUT2D eigenvalue weighted by Gasteiger charge is -2.26. The summed E-state index contributed by atoms with van der Waals surface area (Å²) in [5.41, 5.74) is 0.0499. The molecule has 0 spiro atoms. The molecule has 3 rings (SSSR count). The molecule has 1 saturated heterocycles. The van der Waals surface area contributed by atoms with Crippen molar-refractivity contribution in [3.8, 4) is 5.75 Å². The molecule has 0 aliphatic carbocycles. The molecule has 1 heterocycles. The fourth-order valence-corrected chi connectivity index (χ4v) is 2.59. The van der Waals surface area contributed by atoms with Crippen LogP contribution in [0.4, 0.5) is 14.9 Å². The number of benzene rings is 2. The summed E-state index contributed by atoms with van der Waals surface area (Å²) in [6.07, 6.45) is 2.18. The molecule has 7 heteroatoms.